The van der Waals surface area contributed by atoms with Gasteiger partial charge in [-0.2, -0.15) is 19.3 Å². The van der Waals surface area contributed by atoms with E-state index in [0.29, 0.717) is 5.41 Å². The van der Waals surface area contributed by atoms with Crippen molar-refractivity contribution in [3.05, 3.63) is 13.3 Å². The molecular formula is C8H18Y-2. The molecule has 0 aromatic heterocycles. The Bertz CT molecular complexity index is 50.1. The second kappa shape index (κ2) is 5.86. The minimum atomic E-state index is 0. The van der Waals surface area contributed by atoms with Crippen molar-refractivity contribution in [3.8, 4) is 0 Å². The molecule has 0 aliphatic rings. The number of rotatable bonds is 0. The summed E-state index contributed by atoms with van der Waals surface area (Å²) in [6, 6.07) is 0. The van der Waals surface area contributed by atoms with E-state index in [9.17, 15) is 0 Å². The summed E-state index contributed by atoms with van der Waals surface area (Å²) in [7, 11) is 0. The fourth-order valence-electron chi connectivity index (χ4n) is 0. The summed E-state index contributed by atoms with van der Waals surface area (Å²) in [5, 5.41) is 0. The van der Waals surface area contributed by atoms with Gasteiger partial charge >= 0.3 is 0 Å². The Morgan fingerprint density at radius 2 is 1.11 bits per heavy atom. The molecule has 0 heterocycles. The normalized spacial score (nSPS) is 10.0. The van der Waals surface area contributed by atoms with Crippen molar-refractivity contribution in [3.63, 3.8) is 0 Å². The van der Waals surface area contributed by atoms with Crippen LogP contribution in [-0.2, 0) is 32.7 Å². The van der Waals surface area contributed by atoms with Gasteiger partial charge in [-0.05, 0) is 0 Å². The maximum atomic E-state index is 2.22. The predicted octanol–water partition coefficient (Wildman–Crippen LogP) is 3.09. The van der Waals surface area contributed by atoms with Crippen LogP contribution in [0.25, 0.3) is 0 Å². The molecule has 0 aromatic rings. The topological polar surface area (TPSA) is 0 Å². The van der Waals surface area contributed by atoms with Crippen molar-refractivity contribution in [2.24, 2.45) is 5.41 Å². The number of hydrogen-bond acceptors (Lipinski definition) is 0. The van der Waals surface area contributed by atoms with Gasteiger partial charge in [-0.1, -0.05) is 20.8 Å². The van der Waals surface area contributed by atoms with Crippen LogP contribution in [-0.4, -0.2) is 0 Å². The van der Waals surface area contributed by atoms with Gasteiger partial charge in [0.05, 0.1) is 0 Å². The first-order valence-electron chi connectivity index (χ1n) is 2.75. The van der Waals surface area contributed by atoms with E-state index < -0.39 is 0 Å². The molecule has 0 saturated heterocycles. The Labute approximate surface area is 85.7 Å². The molecule has 0 unspecified atom stereocenters. The molecule has 0 aliphatic heterocycles. The molecule has 1 heteroatoms. The summed E-state index contributed by atoms with van der Waals surface area (Å²) < 4.78 is 0. The predicted molar refractivity (Wildman–Crippen MR) is 40.5 cm³/mol. The Kier molecular flexibility index (Phi) is 10.8. The van der Waals surface area contributed by atoms with Crippen molar-refractivity contribution in [1.82, 2.24) is 0 Å². The maximum Gasteiger partial charge on any atom is 0 e. The van der Waals surface area contributed by atoms with Crippen LogP contribution in [0.1, 0.15) is 34.6 Å². The van der Waals surface area contributed by atoms with E-state index in [2.05, 4.69) is 34.6 Å². The molecule has 0 nitrogen and oxygen atoms in total. The summed E-state index contributed by atoms with van der Waals surface area (Å²) in [5.41, 5.74) is 0.417. The molecule has 0 saturated carbocycles. The molecule has 0 aromatic carbocycles. The smallest absolute Gasteiger partial charge is 0 e. The molecule has 0 N–H and O–H groups in total. The van der Waals surface area contributed by atoms with E-state index in [1.165, 1.54) is 5.92 Å². The van der Waals surface area contributed by atoms with Gasteiger partial charge in [-0.25, -0.2) is 0 Å². The van der Waals surface area contributed by atoms with Crippen LogP contribution >= 0.6 is 0 Å². The summed E-state index contributed by atoms with van der Waals surface area (Å²) in [6.45, 7) is 11.0. The summed E-state index contributed by atoms with van der Waals surface area (Å²) >= 11 is 0. The van der Waals surface area contributed by atoms with Crippen molar-refractivity contribution < 1.29 is 32.7 Å². The molecule has 0 atom stereocenters. The Morgan fingerprint density at radius 1 is 1.00 bits per heavy atom. The summed E-state index contributed by atoms with van der Waals surface area (Å²) in [5.74, 6) is 1.49. The zero-order valence-electron chi connectivity index (χ0n) is 7.58. The summed E-state index contributed by atoms with van der Waals surface area (Å²) in [4.78, 5) is 0. The third-order valence-electron chi connectivity index (χ3n) is 1.50. The molecule has 55 valence electrons. The molecule has 0 rings (SSSR count). The van der Waals surface area contributed by atoms with E-state index in [-0.39, 0.29) is 40.1 Å². The van der Waals surface area contributed by atoms with Gasteiger partial charge in [0.2, 0.25) is 0 Å². The summed E-state index contributed by atoms with van der Waals surface area (Å²) in [6.07, 6.45) is 0. The van der Waals surface area contributed by atoms with Crippen LogP contribution < -0.4 is 0 Å². The molecule has 0 spiro atoms. The van der Waals surface area contributed by atoms with Gasteiger partial charge in [0.1, 0.15) is 0 Å². The van der Waals surface area contributed by atoms with Crippen molar-refractivity contribution >= 4 is 0 Å². The fraction of sp³-hybridized carbons (Fsp3) is 0.750. The van der Waals surface area contributed by atoms with Gasteiger partial charge in [-0.3, -0.25) is 0 Å². The third kappa shape index (κ3) is 9.10. The van der Waals surface area contributed by atoms with Crippen molar-refractivity contribution in [2.45, 2.75) is 34.6 Å². The van der Waals surface area contributed by atoms with Crippen LogP contribution in [0.4, 0.5) is 0 Å². The monoisotopic (exact) mass is 203 g/mol. The molecule has 0 aliphatic carbocycles. The van der Waals surface area contributed by atoms with Crippen molar-refractivity contribution in [1.29, 1.82) is 0 Å². The van der Waals surface area contributed by atoms with E-state index in [1.807, 2.05) is 0 Å². The van der Waals surface area contributed by atoms with Gasteiger partial charge in [0.15, 0.2) is 0 Å². The van der Waals surface area contributed by atoms with E-state index in [1.54, 1.807) is 0 Å². The van der Waals surface area contributed by atoms with Crippen molar-refractivity contribution in [2.75, 3.05) is 0 Å². The maximum absolute atomic E-state index is 2.22. The first-order chi connectivity index (χ1) is 2.94. The van der Waals surface area contributed by atoms with Crippen LogP contribution in [0.15, 0.2) is 0 Å². The molecule has 0 fully saturated rings. The van der Waals surface area contributed by atoms with E-state index >= 15 is 0 Å². The number of hydrogen-bond donors (Lipinski definition) is 0. The minimum Gasteiger partial charge on any atom is -0.358 e. The molecule has 0 bridgehead atoms. The minimum absolute atomic E-state index is 0. The SMILES string of the molecule is C[C-](C)C(C)(C)C.[CH3-].[Y]. The van der Waals surface area contributed by atoms with Gasteiger partial charge < -0.3 is 13.3 Å². The standard InChI is InChI=1S/C7H15.CH3.Y/c1-6(2)7(3,4)5;;/h1-5H3;1H3;/q2*-1;. The second-order valence-corrected chi connectivity index (χ2v) is 3.25. The molecule has 0 amide bonds. The van der Waals surface area contributed by atoms with Crippen LogP contribution in [0.3, 0.4) is 0 Å². The molecule has 1 radical (unpaired) electrons. The first kappa shape index (κ1) is 16.6. The van der Waals surface area contributed by atoms with E-state index in [0.717, 1.165) is 0 Å². The largest absolute Gasteiger partial charge is 0.358 e. The van der Waals surface area contributed by atoms with Crippen LogP contribution in [0.2, 0.25) is 0 Å². The Balaban J connectivity index is -0.000000180. The quantitative estimate of drug-likeness (QED) is 0.530. The molecular weight excluding hydrogens is 185 g/mol. The van der Waals surface area contributed by atoms with Gasteiger partial charge in [0, 0.05) is 32.7 Å². The molecule has 9 heavy (non-hydrogen) atoms. The Morgan fingerprint density at radius 3 is 1.11 bits per heavy atom. The van der Waals surface area contributed by atoms with E-state index in [4.69, 9.17) is 0 Å². The third-order valence-corrected chi connectivity index (χ3v) is 1.50. The first-order valence-corrected chi connectivity index (χ1v) is 2.75. The zero-order valence-corrected chi connectivity index (χ0v) is 10.4. The van der Waals surface area contributed by atoms with Crippen LogP contribution in [0.5, 0.6) is 0 Å². The Hall–Kier alpha value is 1.10. The van der Waals surface area contributed by atoms with Crippen LogP contribution in [0, 0.1) is 18.8 Å². The van der Waals surface area contributed by atoms with Gasteiger partial charge in [0.25, 0.3) is 0 Å². The zero-order chi connectivity index (χ0) is 6.08. The second-order valence-electron chi connectivity index (χ2n) is 3.25. The fourth-order valence-corrected chi connectivity index (χ4v) is 0. The van der Waals surface area contributed by atoms with Gasteiger partial charge in [-0.15, -0.1) is 0 Å². The average Bonchev–Trinajstić information content (AvgIpc) is 1.31. The average molecular weight is 203 g/mol.